The Morgan fingerprint density at radius 2 is 2.06 bits per heavy atom. The van der Waals surface area contributed by atoms with Crippen LogP contribution in [0.1, 0.15) is 20.8 Å². The average Bonchev–Trinajstić information content (AvgIpc) is 2.12. The first-order valence-electron chi connectivity index (χ1n) is 4.51. The zero-order valence-corrected chi connectivity index (χ0v) is 11.5. The van der Waals surface area contributed by atoms with Crippen molar-refractivity contribution in [3.8, 4) is 12.3 Å². The van der Waals surface area contributed by atoms with E-state index in [9.17, 15) is 9.59 Å². The van der Waals surface area contributed by atoms with Crippen molar-refractivity contribution in [3.05, 3.63) is 0 Å². The van der Waals surface area contributed by atoms with Gasteiger partial charge in [-0.15, -0.1) is 6.42 Å². The second kappa shape index (κ2) is 6.58. The van der Waals surface area contributed by atoms with Gasteiger partial charge in [-0.25, -0.2) is 4.79 Å². The highest BCUT2D eigenvalue weighted by Crippen LogP contribution is 2.06. The van der Waals surface area contributed by atoms with Crippen molar-refractivity contribution in [2.24, 2.45) is 0 Å². The van der Waals surface area contributed by atoms with E-state index in [1.165, 1.54) is 0 Å². The molecule has 0 heterocycles. The number of ether oxygens (including phenoxy) is 2. The smallest absolute Gasteiger partial charge is 0.408 e. The number of rotatable bonds is 3. The molecule has 5 nitrogen and oxygen atoms in total. The van der Waals surface area contributed by atoms with Gasteiger partial charge in [0.2, 0.25) is 4.11 Å². The summed E-state index contributed by atoms with van der Waals surface area (Å²) in [6, 6.07) is 0. The van der Waals surface area contributed by atoms with Crippen molar-refractivity contribution >= 4 is 34.7 Å². The third-order valence-electron chi connectivity index (χ3n) is 1.14. The number of alkyl carbamates (subject to hydrolysis) is 1. The van der Waals surface area contributed by atoms with E-state index in [4.69, 9.17) is 15.9 Å². The van der Waals surface area contributed by atoms with Crippen LogP contribution in [0.5, 0.6) is 0 Å². The molecule has 0 saturated carbocycles. The lowest BCUT2D eigenvalue weighted by molar-refractivity contribution is -0.141. The van der Waals surface area contributed by atoms with Gasteiger partial charge in [0, 0.05) is 0 Å². The Hall–Kier alpha value is -0.970. The number of esters is 1. The summed E-state index contributed by atoms with van der Waals surface area (Å²) in [7, 11) is 0. The molecule has 90 valence electrons. The van der Waals surface area contributed by atoms with Crippen LogP contribution in [0.2, 0.25) is 0 Å². The minimum Gasteiger partial charge on any atom is -0.444 e. The largest absolute Gasteiger partial charge is 0.444 e. The number of nitrogens with one attached hydrogen (secondary N) is 1. The summed E-state index contributed by atoms with van der Waals surface area (Å²) >= 11 is 1.78. The summed E-state index contributed by atoms with van der Waals surface area (Å²) in [6.07, 6.45) is 4.34. The molecule has 16 heavy (non-hydrogen) atoms. The fraction of sp³-hybridized carbons (Fsp3) is 0.600. The van der Waals surface area contributed by atoms with Gasteiger partial charge < -0.3 is 14.8 Å². The summed E-state index contributed by atoms with van der Waals surface area (Å²) in [5.41, 5.74) is -0.599. The van der Waals surface area contributed by atoms with Gasteiger partial charge in [-0.3, -0.25) is 4.79 Å². The molecule has 0 fully saturated rings. The molecule has 0 aromatic carbocycles. The molecule has 1 amide bonds. The molecule has 0 aliphatic carbocycles. The minimum atomic E-state index is -0.671. The van der Waals surface area contributed by atoms with Crippen LogP contribution in [-0.4, -0.2) is 28.3 Å². The van der Waals surface area contributed by atoms with Gasteiger partial charge in [-0.1, -0.05) is 5.92 Å². The second-order valence-electron chi connectivity index (χ2n) is 3.83. The first kappa shape index (κ1) is 15.0. The fourth-order valence-corrected chi connectivity index (χ4v) is 0.933. The van der Waals surface area contributed by atoms with Crippen molar-refractivity contribution in [2.45, 2.75) is 30.5 Å². The molecule has 0 aromatic rings. The van der Waals surface area contributed by atoms with E-state index in [2.05, 4.69) is 11.2 Å². The maximum absolute atomic E-state index is 11.1. The number of hydrogen-bond donors (Lipinski definition) is 1. The molecule has 1 N–H and O–H groups in total. The van der Waals surface area contributed by atoms with Crippen LogP contribution < -0.4 is 5.32 Å². The molecule has 0 spiro atoms. The van der Waals surface area contributed by atoms with Crippen LogP contribution >= 0.6 is 22.6 Å². The van der Waals surface area contributed by atoms with Crippen molar-refractivity contribution < 1.29 is 19.1 Å². The molecule has 1 atom stereocenters. The second-order valence-corrected chi connectivity index (χ2v) is 4.96. The molecular weight excluding hydrogens is 325 g/mol. The number of carbonyl (C=O) groups excluding carboxylic acids is 2. The Balaban J connectivity index is 3.86. The molecule has 0 aliphatic heterocycles. The Morgan fingerprint density at radius 1 is 1.50 bits per heavy atom. The summed E-state index contributed by atoms with van der Waals surface area (Å²) in [5.74, 6) is 1.61. The lowest BCUT2D eigenvalue weighted by Crippen LogP contribution is -2.36. The lowest BCUT2D eigenvalue weighted by Gasteiger charge is -2.19. The van der Waals surface area contributed by atoms with Crippen molar-refractivity contribution in [1.29, 1.82) is 0 Å². The van der Waals surface area contributed by atoms with Crippen molar-refractivity contribution in [2.75, 3.05) is 6.54 Å². The molecule has 0 radical (unpaired) electrons. The number of terminal acetylenes is 1. The molecule has 0 aliphatic rings. The summed E-state index contributed by atoms with van der Waals surface area (Å²) in [6.45, 7) is 4.91. The van der Waals surface area contributed by atoms with Crippen LogP contribution in [0.3, 0.4) is 0 Å². The molecule has 6 heteroatoms. The number of halogens is 1. The Bertz CT molecular complexity index is 303. The molecule has 0 aromatic heterocycles. The number of carbonyl (C=O) groups is 2. The summed E-state index contributed by atoms with van der Waals surface area (Å²) < 4.78 is 9.01. The minimum absolute atomic E-state index is 0.268. The maximum Gasteiger partial charge on any atom is 0.408 e. The Labute approximate surface area is 108 Å². The van der Waals surface area contributed by atoms with E-state index in [-0.39, 0.29) is 6.54 Å². The van der Waals surface area contributed by atoms with E-state index < -0.39 is 21.8 Å². The van der Waals surface area contributed by atoms with Gasteiger partial charge in [-0.2, -0.15) is 0 Å². The predicted molar refractivity (Wildman–Crippen MR) is 67.0 cm³/mol. The van der Waals surface area contributed by atoms with Crippen LogP contribution in [0.15, 0.2) is 0 Å². The van der Waals surface area contributed by atoms with Crippen LogP contribution in [0.4, 0.5) is 4.79 Å². The van der Waals surface area contributed by atoms with Crippen LogP contribution in [0.25, 0.3) is 0 Å². The van der Waals surface area contributed by atoms with Crippen LogP contribution in [-0.2, 0) is 14.3 Å². The van der Waals surface area contributed by atoms with Crippen LogP contribution in [0, 0.1) is 12.3 Å². The first-order valence-corrected chi connectivity index (χ1v) is 5.75. The van der Waals surface area contributed by atoms with E-state index in [0.717, 1.165) is 0 Å². The van der Waals surface area contributed by atoms with Gasteiger partial charge in [0.1, 0.15) is 12.1 Å². The molecule has 0 bridgehead atoms. The summed E-state index contributed by atoms with van der Waals surface area (Å²) in [4.78, 5) is 22.2. The first-order chi connectivity index (χ1) is 7.24. The molecular formula is C10H14INO4. The third-order valence-corrected chi connectivity index (χ3v) is 1.76. The Morgan fingerprint density at radius 3 is 2.50 bits per heavy atom. The van der Waals surface area contributed by atoms with Gasteiger partial charge in [0.25, 0.3) is 0 Å². The van der Waals surface area contributed by atoms with Gasteiger partial charge in [0.05, 0.1) is 0 Å². The molecule has 0 rings (SSSR count). The third kappa shape index (κ3) is 8.35. The number of hydrogen-bond acceptors (Lipinski definition) is 4. The fourth-order valence-electron chi connectivity index (χ4n) is 0.650. The van der Waals surface area contributed by atoms with E-state index in [0.29, 0.717) is 0 Å². The zero-order valence-electron chi connectivity index (χ0n) is 9.37. The quantitative estimate of drug-likeness (QED) is 0.366. The number of alkyl halides is 1. The standard InChI is InChI=1S/C10H14INO4/c1-5-7(11)15-8(13)6-12-9(14)16-10(2,3)4/h1,7H,6H2,2-4H3,(H,12,14). The maximum atomic E-state index is 11.1. The average molecular weight is 339 g/mol. The predicted octanol–water partition coefficient (Wildman–Crippen LogP) is 1.45. The van der Waals surface area contributed by atoms with Gasteiger partial charge >= 0.3 is 12.1 Å². The topological polar surface area (TPSA) is 64.6 Å². The normalized spacial score (nSPS) is 12.2. The molecule has 0 saturated heterocycles. The SMILES string of the molecule is C#CC(I)OC(=O)CNC(=O)OC(C)(C)C. The van der Waals surface area contributed by atoms with E-state index >= 15 is 0 Å². The van der Waals surface area contributed by atoms with Crippen molar-refractivity contribution in [3.63, 3.8) is 0 Å². The highest BCUT2D eigenvalue weighted by Gasteiger charge is 2.17. The monoisotopic (exact) mass is 339 g/mol. The highest BCUT2D eigenvalue weighted by atomic mass is 127. The lowest BCUT2D eigenvalue weighted by atomic mass is 10.2. The summed E-state index contributed by atoms with van der Waals surface area (Å²) in [5, 5.41) is 2.26. The van der Waals surface area contributed by atoms with Gasteiger partial charge in [-0.05, 0) is 43.4 Å². The molecule has 1 unspecified atom stereocenters. The zero-order chi connectivity index (χ0) is 12.8. The Kier molecular flexibility index (Phi) is 6.18. The highest BCUT2D eigenvalue weighted by molar-refractivity contribution is 14.1. The van der Waals surface area contributed by atoms with Gasteiger partial charge in [0.15, 0.2) is 0 Å². The van der Waals surface area contributed by atoms with E-state index in [1.54, 1.807) is 43.4 Å². The van der Waals surface area contributed by atoms with Crippen molar-refractivity contribution in [1.82, 2.24) is 5.32 Å². The number of amides is 1. The van der Waals surface area contributed by atoms with E-state index in [1.807, 2.05) is 0 Å².